The number of hydrogen-bond acceptors (Lipinski definition) is 2. The molecule has 0 aliphatic heterocycles. The van der Waals surface area contributed by atoms with Crippen LogP contribution in [0.5, 0.6) is 0 Å². The Kier molecular flexibility index (Phi) is 3.21. The zero-order chi connectivity index (χ0) is 8.27. The third-order valence-electron chi connectivity index (χ3n) is 1.51. The number of aryl methyl sites for hydroxylation is 1. The quantitative estimate of drug-likeness (QED) is 0.706. The van der Waals surface area contributed by atoms with Gasteiger partial charge in [-0.05, 0) is 24.3 Å². The average molecular weight is 188 g/mol. The Hall–Kier alpha value is -0.210. The van der Waals surface area contributed by atoms with Crippen LogP contribution in [0.15, 0.2) is 12.4 Å². The second-order valence-electron chi connectivity index (χ2n) is 2.35. The molecule has 11 heavy (non-hydrogen) atoms. The third-order valence-corrected chi connectivity index (χ3v) is 2.41. The van der Waals surface area contributed by atoms with E-state index in [1.807, 2.05) is 13.1 Å². The lowest BCUT2D eigenvalue weighted by Crippen LogP contribution is -1.88. The summed E-state index contributed by atoms with van der Waals surface area (Å²) < 4.78 is 0. The minimum absolute atomic E-state index is 0.777. The smallest absolute Gasteiger partial charge is 0.0632 e. The number of hydrogen-bond donors (Lipinski definition) is 0. The van der Waals surface area contributed by atoms with E-state index < -0.39 is 0 Å². The summed E-state index contributed by atoms with van der Waals surface area (Å²) in [7, 11) is 0. The number of halogens is 1. The van der Waals surface area contributed by atoms with Gasteiger partial charge in [-0.2, -0.15) is 11.8 Å². The standard InChI is InChI=1S/C8H10ClNS/c1-6-3-10-4-8(9)7(6)5-11-2/h3-4H,5H2,1-2H3. The van der Waals surface area contributed by atoms with Crippen molar-refractivity contribution in [2.24, 2.45) is 0 Å². The molecule has 3 heteroatoms. The summed E-state index contributed by atoms with van der Waals surface area (Å²) in [6, 6.07) is 0. The van der Waals surface area contributed by atoms with Gasteiger partial charge >= 0.3 is 0 Å². The van der Waals surface area contributed by atoms with E-state index >= 15 is 0 Å². The molecule has 60 valence electrons. The van der Waals surface area contributed by atoms with Gasteiger partial charge in [0.1, 0.15) is 0 Å². The molecule has 0 radical (unpaired) electrons. The molecule has 0 atom stereocenters. The SMILES string of the molecule is CSCc1c(C)cncc1Cl. The molecule has 0 saturated heterocycles. The Morgan fingerprint density at radius 2 is 2.27 bits per heavy atom. The van der Waals surface area contributed by atoms with Crippen LogP contribution in [0.4, 0.5) is 0 Å². The normalized spacial score (nSPS) is 10.1. The summed E-state index contributed by atoms with van der Waals surface area (Å²) in [6.45, 7) is 2.03. The van der Waals surface area contributed by atoms with Gasteiger partial charge in [0.25, 0.3) is 0 Å². The molecule has 0 aliphatic carbocycles. The van der Waals surface area contributed by atoms with Gasteiger partial charge in [0.15, 0.2) is 0 Å². The van der Waals surface area contributed by atoms with E-state index in [4.69, 9.17) is 11.6 Å². The van der Waals surface area contributed by atoms with Gasteiger partial charge in [-0.1, -0.05) is 11.6 Å². The molecule has 1 heterocycles. The number of nitrogens with zero attached hydrogens (tertiary/aromatic N) is 1. The van der Waals surface area contributed by atoms with E-state index in [-0.39, 0.29) is 0 Å². The van der Waals surface area contributed by atoms with Gasteiger partial charge in [-0.15, -0.1) is 0 Å². The minimum Gasteiger partial charge on any atom is -0.263 e. The number of aromatic nitrogens is 1. The minimum atomic E-state index is 0.777. The highest BCUT2D eigenvalue weighted by Crippen LogP contribution is 2.21. The average Bonchev–Trinajstić information content (AvgIpc) is 1.97. The van der Waals surface area contributed by atoms with E-state index in [9.17, 15) is 0 Å². The van der Waals surface area contributed by atoms with Crippen LogP contribution in [0.25, 0.3) is 0 Å². The highest BCUT2D eigenvalue weighted by molar-refractivity contribution is 7.97. The fraction of sp³-hybridized carbons (Fsp3) is 0.375. The third kappa shape index (κ3) is 2.11. The largest absolute Gasteiger partial charge is 0.263 e. The summed E-state index contributed by atoms with van der Waals surface area (Å²) >= 11 is 7.70. The van der Waals surface area contributed by atoms with E-state index in [2.05, 4.69) is 11.2 Å². The zero-order valence-electron chi connectivity index (χ0n) is 6.60. The van der Waals surface area contributed by atoms with E-state index in [0.717, 1.165) is 10.8 Å². The summed E-state index contributed by atoms with van der Waals surface area (Å²) in [5.74, 6) is 0.965. The second kappa shape index (κ2) is 3.98. The molecule has 0 spiro atoms. The summed E-state index contributed by atoms with van der Waals surface area (Å²) in [5, 5.41) is 0.777. The first kappa shape index (κ1) is 8.88. The van der Waals surface area contributed by atoms with E-state index in [1.165, 1.54) is 11.1 Å². The highest BCUT2D eigenvalue weighted by Gasteiger charge is 2.01. The predicted molar refractivity (Wildman–Crippen MR) is 51.2 cm³/mol. The van der Waals surface area contributed by atoms with Crippen LogP contribution >= 0.6 is 23.4 Å². The molecular weight excluding hydrogens is 178 g/mol. The van der Waals surface area contributed by atoms with Gasteiger partial charge in [-0.3, -0.25) is 4.98 Å². The molecule has 1 aromatic rings. The molecule has 0 unspecified atom stereocenters. The zero-order valence-corrected chi connectivity index (χ0v) is 8.17. The molecule has 1 rings (SSSR count). The van der Waals surface area contributed by atoms with Gasteiger partial charge in [0.05, 0.1) is 5.02 Å². The van der Waals surface area contributed by atoms with Crippen LogP contribution in [-0.2, 0) is 5.75 Å². The van der Waals surface area contributed by atoms with Crippen molar-refractivity contribution in [2.45, 2.75) is 12.7 Å². The first-order valence-electron chi connectivity index (χ1n) is 3.33. The molecule has 0 fully saturated rings. The molecule has 1 aromatic heterocycles. The van der Waals surface area contributed by atoms with Gasteiger partial charge in [0, 0.05) is 18.1 Å². The van der Waals surface area contributed by atoms with Gasteiger partial charge in [-0.25, -0.2) is 0 Å². The summed E-state index contributed by atoms with van der Waals surface area (Å²) in [6.07, 6.45) is 5.60. The molecular formula is C8H10ClNS. The van der Waals surface area contributed by atoms with Crippen molar-refractivity contribution >= 4 is 23.4 Å². The monoisotopic (exact) mass is 187 g/mol. The summed E-state index contributed by atoms with van der Waals surface area (Å²) in [5.41, 5.74) is 2.38. The molecule has 0 amide bonds. The fourth-order valence-corrected chi connectivity index (χ4v) is 1.91. The van der Waals surface area contributed by atoms with Crippen LogP contribution in [0.2, 0.25) is 5.02 Å². The van der Waals surface area contributed by atoms with Crippen LogP contribution in [-0.4, -0.2) is 11.2 Å². The molecule has 0 bridgehead atoms. The Bertz CT molecular complexity index is 230. The lowest BCUT2D eigenvalue weighted by atomic mass is 10.2. The van der Waals surface area contributed by atoms with Crippen LogP contribution in [0.3, 0.4) is 0 Å². The Labute approximate surface area is 76.2 Å². The summed E-state index contributed by atoms with van der Waals surface area (Å²) in [4.78, 5) is 3.99. The number of pyridine rings is 1. The maximum atomic E-state index is 5.93. The van der Waals surface area contributed by atoms with E-state index in [0.29, 0.717) is 0 Å². The predicted octanol–water partition coefficient (Wildman–Crippen LogP) is 2.91. The lowest BCUT2D eigenvalue weighted by molar-refractivity contribution is 1.20. The lowest BCUT2D eigenvalue weighted by Gasteiger charge is -2.04. The van der Waals surface area contributed by atoms with Crippen molar-refractivity contribution in [1.29, 1.82) is 0 Å². The molecule has 0 saturated carbocycles. The highest BCUT2D eigenvalue weighted by atomic mass is 35.5. The topological polar surface area (TPSA) is 12.9 Å². The second-order valence-corrected chi connectivity index (χ2v) is 3.62. The maximum Gasteiger partial charge on any atom is 0.0632 e. The van der Waals surface area contributed by atoms with Crippen LogP contribution in [0.1, 0.15) is 11.1 Å². The molecule has 1 nitrogen and oxygen atoms in total. The number of rotatable bonds is 2. The van der Waals surface area contributed by atoms with Crippen molar-refractivity contribution < 1.29 is 0 Å². The van der Waals surface area contributed by atoms with Crippen molar-refractivity contribution in [3.63, 3.8) is 0 Å². The fourth-order valence-electron chi connectivity index (χ4n) is 0.886. The Morgan fingerprint density at radius 3 is 2.82 bits per heavy atom. The Morgan fingerprint density at radius 1 is 1.55 bits per heavy atom. The van der Waals surface area contributed by atoms with Crippen molar-refractivity contribution in [1.82, 2.24) is 4.98 Å². The maximum absolute atomic E-state index is 5.93. The van der Waals surface area contributed by atoms with Crippen molar-refractivity contribution in [2.75, 3.05) is 6.26 Å². The molecule has 0 aliphatic rings. The first-order chi connectivity index (χ1) is 5.25. The molecule has 0 N–H and O–H groups in total. The van der Waals surface area contributed by atoms with Gasteiger partial charge < -0.3 is 0 Å². The Balaban J connectivity index is 3.00. The van der Waals surface area contributed by atoms with Crippen molar-refractivity contribution in [3.05, 3.63) is 28.5 Å². The number of thioether (sulfide) groups is 1. The van der Waals surface area contributed by atoms with Crippen LogP contribution in [0, 0.1) is 6.92 Å². The van der Waals surface area contributed by atoms with Crippen LogP contribution < -0.4 is 0 Å². The first-order valence-corrected chi connectivity index (χ1v) is 5.11. The van der Waals surface area contributed by atoms with Crippen molar-refractivity contribution in [3.8, 4) is 0 Å². The van der Waals surface area contributed by atoms with Gasteiger partial charge in [0.2, 0.25) is 0 Å². The molecule has 0 aromatic carbocycles. The van der Waals surface area contributed by atoms with E-state index in [1.54, 1.807) is 18.0 Å².